The molecule has 0 bridgehead atoms. The fourth-order valence-corrected chi connectivity index (χ4v) is 2.36. The molecule has 0 radical (unpaired) electrons. The van der Waals surface area contributed by atoms with Crippen LogP contribution in [0.2, 0.25) is 0 Å². The Bertz CT molecular complexity index is 296. The predicted octanol–water partition coefficient (Wildman–Crippen LogP) is 0.827. The van der Waals surface area contributed by atoms with Gasteiger partial charge in [0.15, 0.2) is 0 Å². The van der Waals surface area contributed by atoms with Crippen molar-refractivity contribution in [2.75, 3.05) is 13.1 Å². The number of hydrogen-bond acceptors (Lipinski definition) is 3. The number of primary amides is 1. The summed E-state index contributed by atoms with van der Waals surface area (Å²) in [6.45, 7) is 3.88. The molecule has 0 saturated heterocycles. The van der Waals surface area contributed by atoms with E-state index < -0.39 is 17.3 Å². The number of carboxylic acid groups (broad SMARTS) is 1. The van der Waals surface area contributed by atoms with Crippen molar-refractivity contribution in [3.63, 3.8) is 0 Å². The Morgan fingerprint density at radius 2 is 1.88 bits per heavy atom. The summed E-state index contributed by atoms with van der Waals surface area (Å²) in [5.41, 5.74) is 4.38. The highest BCUT2D eigenvalue weighted by atomic mass is 16.4. The molecule has 1 aliphatic carbocycles. The van der Waals surface area contributed by atoms with Crippen LogP contribution in [0.15, 0.2) is 0 Å². The molecule has 1 amide bonds. The first kappa shape index (κ1) is 14.0. The van der Waals surface area contributed by atoms with E-state index in [-0.39, 0.29) is 6.54 Å². The topological polar surface area (TPSA) is 83.6 Å². The van der Waals surface area contributed by atoms with Gasteiger partial charge in [0.2, 0.25) is 5.91 Å². The zero-order valence-corrected chi connectivity index (χ0v) is 10.6. The fraction of sp³-hybridized carbons (Fsp3) is 0.833. The van der Waals surface area contributed by atoms with Gasteiger partial charge in [-0.2, -0.15) is 0 Å². The molecule has 0 atom stereocenters. The van der Waals surface area contributed by atoms with E-state index in [9.17, 15) is 9.59 Å². The average Bonchev–Trinajstić information content (AvgIpc) is 2.67. The van der Waals surface area contributed by atoms with E-state index in [0.717, 1.165) is 25.7 Å². The number of carboxylic acids is 1. The summed E-state index contributed by atoms with van der Waals surface area (Å²) in [6, 6.07) is 0.307. The van der Waals surface area contributed by atoms with Crippen molar-refractivity contribution in [2.45, 2.75) is 45.6 Å². The van der Waals surface area contributed by atoms with Crippen LogP contribution in [0.1, 0.15) is 39.5 Å². The summed E-state index contributed by atoms with van der Waals surface area (Å²) < 4.78 is 0. The molecule has 0 aliphatic heterocycles. The number of aliphatic carboxylic acids is 1. The van der Waals surface area contributed by atoms with Gasteiger partial charge < -0.3 is 10.8 Å². The van der Waals surface area contributed by atoms with Crippen molar-refractivity contribution < 1.29 is 14.7 Å². The van der Waals surface area contributed by atoms with Crippen LogP contribution in [0, 0.1) is 5.41 Å². The van der Waals surface area contributed by atoms with Crippen molar-refractivity contribution in [2.24, 2.45) is 11.1 Å². The van der Waals surface area contributed by atoms with E-state index in [2.05, 4.69) is 0 Å². The minimum Gasteiger partial charge on any atom is -0.481 e. The monoisotopic (exact) mass is 242 g/mol. The first-order valence-electron chi connectivity index (χ1n) is 6.08. The molecule has 0 aromatic rings. The Balaban J connectivity index is 2.69. The van der Waals surface area contributed by atoms with E-state index in [4.69, 9.17) is 10.8 Å². The first-order valence-corrected chi connectivity index (χ1v) is 6.08. The maximum absolute atomic E-state index is 11.1. The fourth-order valence-electron chi connectivity index (χ4n) is 2.36. The molecule has 1 saturated carbocycles. The molecule has 0 unspecified atom stereocenters. The number of amides is 1. The van der Waals surface area contributed by atoms with Gasteiger partial charge >= 0.3 is 5.97 Å². The molecule has 17 heavy (non-hydrogen) atoms. The minimum atomic E-state index is -0.849. The van der Waals surface area contributed by atoms with Crippen molar-refractivity contribution in [1.82, 2.24) is 4.90 Å². The molecule has 0 spiro atoms. The third kappa shape index (κ3) is 4.00. The van der Waals surface area contributed by atoms with E-state index in [1.54, 1.807) is 13.8 Å². The highest BCUT2D eigenvalue weighted by Gasteiger charge is 2.33. The van der Waals surface area contributed by atoms with Crippen LogP contribution >= 0.6 is 0 Å². The van der Waals surface area contributed by atoms with Gasteiger partial charge in [-0.25, -0.2) is 0 Å². The van der Waals surface area contributed by atoms with Crippen LogP contribution in [0.4, 0.5) is 0 Å². The van der Waals surface area contributed by atoms with Gasteiger partial charge in [-0.05, 0) is 26.7 Å². The Morgan fingerprint density at radius 1 is 1.35 bits per heavy atom. The molecule has 1 rings (SSSR count). The molecule has 0 aromatic carbocycles. The third-order valence-electron chi connectivity index (χ3n) is 3.38. The lowest BCUT2D eigenvalue weighted by molar-refractivity contribution is -0.148. The summed E-state index contributed by atoms with van der Waals surface area (Å²) in [5.74, 6) is -1.23. The van der Waals surface area contributed by atoms with E-state index in [1.807, 2.05) is 4.90 Å². The Hall–Kier alpha value is -1.10. The molecule has 0 aromatic heterocycles. The summed E-state index contributed by atoms with van der Waals surface area (Å²) in [7, 11) is 0. The van der Waals surface area contributed by atoms with E-state index in [1.165, 1.54) is 0 Å². The number of hydrogen-bond donors (Lipinski definition) is 2. The molecule has 5 heteroatoms. The molecule has 5 nitrogen and oxygen atoms in total. The molecule has 1 aliphatic rings. The van der Waals surface area contributed by atoms with Crippen molar-refractivity contribution in [3.05, 3.63) is 0 Å². The average molecular weight is 242 g/mol. The summed E-state index contributed by atoms with van der Waals surface area (Å²) in [5, 5.41) is 9.12. The molecule has 0 heterocycles. The smallest absolute Gasteiger partial charge is 0.310 e. The number of rotatable bonds is 6. The largest absolute Gasteiger partial charge is 0.481 e. The Kier molecular flexibility index (Phi) is 4.51. The van der Waals surface area contributed by atoms with E-state index in [0.29, 0.717) is 12.6 Å². The normalized spacial score (nSPS) is 17.6. The molecular formula is C12H22N2O3. The molecule has 3 N–H and O–H groups in total. The van der Waals surface area contributed by atoms with Gasteiger partial charge in [0.1, 0.15) is 0 Å². The van der Waals surface area contributed by atoms with Crippen LogP contribution in [0.5, 0.6) is 0 Å². The van der Waals surface area contributed by atoms with Crippen LogP contribution in [0.25, 0.3) is 0 Å². The second-order valence-corrected chi connectivity index (χ2v) is 5.50. The van der Waals surface area contributed by atoms with Crippen LogP contribution in [-0.4, -0.2) is 41.0 Å². The second kappa shape index (κ2) is 5.49. The Morgan fingerprint density at radius 3 is 2.29 bits per heavy atom. The maximum atomic E-state index is 11.1. The standard InChI is InChI=1S/C12H22N2O3/c1-12(2,11(16)17)8-14(7-10(13)15)9-5-3-4-6-9/h9H,3-8H2,1-2H3,(H2,13,15)(H,16,17). The number of carbonyl (C=O) groups excluding carboxylic acids is 1. The summed E-state index contributed by atoms with van der Waals surface area (Å²) in [6.07, 6.45) is 4.35. The van der Waals surface area contributed by atoms with Crippen molar-refractivity contribution in [3.8, 4) is 0 Å². The van der Waals surface area contributed by atoms with Gasteiger partial charge in [0, 0.05) is 12.6 Å². The van der Waals surface area contributed by atoms with E-state index >= 15 is 0 Å². The summed E-state index contributed by atoms with van der Waals surface area (Å²) in [4.78, 5) is 24.1. The van der Waals surface area contributed by atoms with Gasteiger partial charge in [-0.1, -0.05) is 12.8 Å². The molecule has 1 fully saturated rings. The van der Waals surface area contributed by atoms with Crippen molar-refractivity contribution in [1.29, 1.82) is 0 Å². The predicted molar refractivity (Wildman–Crippen MR) is 64.4 cm³/mol. The lowest BCUT2D eigenvalue weighted by Gasteiger charge is -2.33. The first-order chi connectivity index (χ1) is 7.83. The maximum Gasteiger partial charge on any atom is 0.310 e. The zero-order valence-electron chi connectivity index (χ0n) is 10.6. The number of carbonyl (C=O) groups is 2. The SMILES string of the molecule is CC(C)(CN(CC(N)=O)C1CCCC1)C(=O)O. The van der Waals surface area contributed by atoms with Gasteiger partial charge in [0.25, 0.3) is 0 Å². The molecular weight excluding hydrogens is 220 g/mol. The highest BCUT2D eigenvalue weighted by Crippen LogP contribution is 2.27. The van der Waals surface area contributed by atoms with Gasteiger partial charge in [0.05, 0.1) is 12.0 Å². The highest BCUT2D eigenvalue weighted by molar-refractivity contribution is 5.76. The quantitative estimate of drug-likeness (QED) is 0.722. The zero-order chi connectivity index (χ0) is 13.1. The van der Waals surface area contributed by atoms with Crippen LogP contribution in [-0.2, 0) is 9.59 Å². The third-order valence-corrected chi connectivity index (χ3v) is 3.38. The minimum absolute atomic E-state index is 0.154. The second-order valence-electron chi connectivity index (χ2n) is 5.50. The van der Waals surface area contributed by atoms with Gasteiger partial charge in [-0.15, -0.1) is 0 Å². The Labute approximate surface area is 102 Å². The number of nitrogens with zero attached hydrogens (tertiary/aromatic N) is 1. The lowest BCUT2D eigenvalue weighted by Crippen LogP contribution is -2.47. The lowest BCUT2D eigenvalue weighted by atomic mass is 9.92. The summed E-state index contributed by atoms with van der Waals surface area (Å²) >= 11 is 0. The number of nitrogens with two attached hydrogens (primary N) is 1. The van der Waals surface area contributed by atoms with Crippen LogP contribution < -0.4 is 5.73 Å². The van der Waals surface area contributed by atoms with Gasteiger partial charge in [-0.3, -0.25) is 14.5 Å². The molecule has 98 valence electrons. The van der Waals surface area contributed by atoms with Crippen LogP contribution in [0.3, 0.4) is 0 Å². The van der Waals surface area contributed by atoms with Crippen molar-refractivity contribution >= 4 is 11.9 Å².